The summed E-state index contributed by atoms with van der Waals surface area (Å²) < 4.78 is 5.30. The summed E-state index contributed by atoms with van der Waals surface area (Å²) in [6.45, 7) is 3.49. The Balaban J connectivity index is 1.67. The minimum atomic E-state index is -0.229. The Morgan fingerprint density at radius 3 is 2.79 bits per heavy atom. The topological polar surface area (TPSA) is 71.3 Å². The second-order valence-corrected chi connectivity index (χ2v) is 7.31. The molecule has 150 valence electrons. The molecule has 1 N–H and O–H groups in total. The van der Waals surface area contributed by atoms with Crippen LogP contribution in [-0.4, -0.2) is 28.5 Å². The molecule has 1 amide bonds. The molecule has 0 radical (unpaired) electrons. The van der Waals surface area contributed by atoms with Crippen molar-refractivity contribution >= 4 is 11.7 Å². The van der Waals surface area contributed by atoms with Crippen LogP contribution >= 0.6 is 0 Å². The van der Waals surface area contributed by atoms with Crippen LogP contribution < -0.4 is 10.2 Å². The summed E-state index contributed by atoms with van der Waals surface area (Å²) in [6, 6.07) is 15.7. The molecule has 1 aromatic carbocycles. The summed E-state index contributed by atoms with van der Waals surface area (Å²) in [5.41, 5.74) is 1.28. The monoisotopic (exact) mass is 390 g/mol. The first-order valence-corrected chi connectivity index (χ1v) is 10.3. The van der Waals surface area contributed by atoms with Gasteiger partial charge in [-0.25, -0.2) is 9.97 Å². The number of hydrogen-bond donors (Lipinski definition) is 1. The molecule has 6 nitrogen and oxygen atoms in total. The SMILES string of the molecule is CCC1CCCCN1c1cc(C(=O)NCc2ccco2)nc(-c2ccccc2)n1. The van der Waals surface area contributed by atoms with Crippen molar-refractivity contribution in [1.82, 2.24) is 15.3 Å². The third kappa shape index (κ3) is 4.47. The van der Waals surface area contributed by atoms with Crippen LogP contribution in [0.4, 0.5) is 5.82 Å². The fraction of sp³-hybridized carbons (Fsp3) is 0.348. The third-order valence-corrected chi connectivity index (χ3v) is 5.37. The van der Waals surface area contributed by atoms with E-state index in [1.54, 1.807) is 12.3 Å². The highest BCUT2D eigenvalue weighted by Gasteiger charge is 2.24. The van der Waals surface area contributed by atoms with Gasteiger partial charge in [0, 0.05) is 24.2 Å². The van der Waals surface area contributed by atoms with E-state index in [1.165, 1.54) is 6.42 Å². The molecule has 0 saturated carbocycles. The van der Waals surface area contributed by atoms with Crippen LogP contribution in [0.5, 0.6) is 0 Å². The van der Waals surface area contributed by atoms with E-state index in [0.29, 0.717) is 29.9 Å². The number of carbonyl (C=O) groups excluding carboxylic acids is 1. The normalized spacial score (nSPS) is 16.6. The lowest BCUT2D eigenvalue weighted by atomic mass is 10.00. The zero-order valence-corrected chi connectivity index (χ0v) is 16.7. The Morgan fingerprint density at radius 1 is 1.17 bits per heavy atom. The number of anilines is 1. The van der Waals surface area contributed by atoms with Crippen molar-refractivity contribution < 1.29 is 9.21 Å². The molecule has 6 heteroatoms. The van der Waals surface area contributed by atoms with E-state index in [1.807, 2.05) is 42.5 Å². The minimum Gasteiger partial charge on any atom is -0.467 e. The Kier molecular flexibility index (Phi) is 5.89. The number of nitrogens with zero attached hydrogens (tertiary/aromatic N) is 3. The summed E-state index contributed by atoms with van der Waals surface area (Å²) in [7, 11) is 0. The molecule has 1 atom stereocenters. The lowest BCUT2D eigenvalue weighted by Crippen LogP contribution is -2.40. The number of nitrogens with one attached hydrogen (secondary N) is 1. The fourth-order valence-electron chi connectivity index (χ4n) is 3.81. The van der Waals surface area contributed by atoms with E-state index >= 15 is 0 Å². The van der Waals surface area contributed by atoms with Crippen LogP contribution in [0.1, 0.15) is 48.9 Å². The number of carbonyl (C=O) groups is 1. The lowest BCUT2D eigenvalue weighted by molar-refractivity contribution is 0.0943. The Bertz CT molecular complexity index is 941. The average molecular weight is 390 g/mol. The van der Waals surface area contributed by atoms with E-state index in [2.05, 4.69) is 22.1 Å². The molecule has 0 bridgehead atoms. The zero-order valence-electron chi connectivity index (χ0n) is 16.7. The maximum Gasteiger partial charge on any atom is 0.270 e. The summed E-state index contributed by atoms with van der Waals surface area (Å²) in [6.07, 6.45) is 6.19. The molecular weight excluding hydrogens is 364 g/mol. The van der Waals surface area contributed by atoms with Gasteiger partial charge < -0.3 is 14.6 Å². The maximum absolute atomic E-state index is 12.8. The number of hydrogen-bond acceptors (Lipinski definition) is 5. The van der Waals surface area contributed by atoms with E-state index in [4.69, 9.17) is 9.40 Å². The molecule has 1 unspecified atom stereocenters. The Labute approximate surface area is 171 Å². The van der Waals surface area contributed by atoms with Gasteiger partial charge in [-0.15, -0.1) is 0 Å². The molecule has 3 aromatic rings. The molecule has 0 aliphatic carbocycles. The molecule has 0 spiro atoms. The van der Waals surface area contributed by atoms with Gasteiger partial charge in [0.15, 0.2) is 5.82 Å². The number of amides is 1. The van der Waals surface area contributed by atoms with Gasteiger partial charge in [-0.1, -0.05) is 37.3 Å². The first-order chi connectivity index (χ1) is 14.2. The number of benzene rings is 1. The Morgan fingerprint density at radius 2 is 2.03 bits per heavy atom. The van der Waals surface area contributed by atoms with E-state index < -0.39 is 0 Å². The quantitative estimate of drug-likeness (QED) is 0.674. The van der Waals surface area contributed by atoms with Gasteiger partial charge >= 0.3 is 0 Å². The van der Waals surface area contributed by atoms with Crippen LogP contribution in [-0.2, 0) is 6.54 Å². The molecular formula is C23H26N4O2. The lowest BCUT2D eigenvalue weighted by Gasteiger charge is -2.36. The predicted octanol–water partition coefficient (Wildman–Crippen LogP) is 4.44. The van der Waals surface area contributed by atoms with Gasteiger partial charge in [0.2, 0.25) is 0 Å². The highest BCUT2D eigenvalue weighted by molar-refractivity contribution is 5.93. The van der Waals surface area contributed by atoms with Crippen molar-refractivity contribution in [1.29, 1.82) is 0 Å². The molecule has 4 rings (SSSR count). The molecule has 1 aliphatic heterocycles. The predicted molar refractivity (Wildman–Crippen MR) is 113 cm³/mol. The summed E-state index contributed by atoms with van der Waals surface area (Å²) in [5, 5.41) is 2.89. The van der Waals surface area contributed by atoms with E-state index in [-0.39, 0.29) is 5.91 Å². The van der Waals surface area contributed by atoms with Crippen LogP contribution in [0, 0.1) is 0 Å². The van der Waals surface area contributed by atoms with Crippen molar-refractivity contribution in [3.8, 4) is 11.4 Å². The molecule has 1 fully saturated rings. The minimum absolute atomic E-state index is 0.229. The van der Waals surface area contributed by atoms with Crippen molar-refractivity contribution in [3.05, 3.63) is 66.2 Å². The molecule has 1 saturated heterocycles. The maximum atomic E-state index is 12.8. The molecule has 1 aliphatic rings. The van der Waals surface area contributed by atoms with Gasteiger partial charge in [0.25, 0.3) is 5.91 Å². The smallest absolute Gasteiger partial charge is 0.270 e. The summed E-state index contributed by atoms with van der Waals surface area (Å²) in [4.78, 5) is 24.6. The molecule has 2 aromatic heterocycles. The van der Waals surface area contributed by atoms with Gasteiger partial charge in [-0.3, -0.25) is 4.79 Å². The van der Waals surface area contributed by atoms with Crippen LogP contribution in [0.25, 0.3) is 11.4 Å². The third-order valence-electron chi connectivity index (χ3n) is 5.37. The van der Waals surface area contributed by atoms with Gasteiger partial charge in [-0.05, 0) is 37.8 Å². The van der Waals surface area contributed by atoms with Crippen molar-refractivity contribution in [3.63, 3.8) is 0 Å². The first kappa shape index (κ1) is 19.2. The fourth-order valence-corrected chi connectivity index (χ4v) is 3.81. The number of piperidine rings is 1. The van der Waals surface area contributed by atoms with Crippen molar-refractivity contribution in [2.24, 2.45) is 0 Å². The number of rotatable bonds is 6. The molecule has 29 heavy (non-hydrogen) atoms. The van der Waals surface area contributed by atoms with Gasteiger partial charge in [0.1, 0.15) is 17.3 Å². The van der Waals surface area contributed by atoms with Crippen molar-refractivity contribution in [2.45, 2.75) is 45.2 Å². The first-order valence-electron chi connectivity index (χ1n) is 10.3. The van der Waals surface area contributed by atoms with Crippen LogP contribution in [0.3, 0.4) is 0 Å². The second kappa shape index (κ2) is 8.90. The highest BCUT2D eigenvalue weighted by Crippen LogP contribution is 2.27. The molecule has 3 heterocycles. The number of furan rings is 1. The van der Waals surface area contributed by atoms with Crippen molar-refractivity contribution in [2.75, 3.05) is 11.4 Å². The zero-order chi connectivity index (χ0) is 20.1. The largest absolute Gasteiger partial charge is 0.467 e. The standard InChI is InChI=1S/C23H26N4O2/c1-2-18-11-6-7-13-27(18)21-15-20(23(28)24-16-19-12-8-14-29-19)25-22(26-21)17-9-4-3-5-10-17/h3-5,8-10,12,14-15,18H,2,6-7,11,13,16H2,1H3,(H,24,28). The van der Waals surface area contributed by atoms with E-state index in [0.717, 1.165) is 37.2 Å². The highest BCUT2D eigenvalue weighted by atomic mass is 16.3. The van der Waals surface area contributed by atoms with Gasteiger partial charge in [-0.2, -0.15) is 0 Å². The van der Waals surface area contributed by atoms with Gasteiger partial charge in [0.05, 0.1) is 12.8 Å². The number of aromatic nitrogens is 2. The summed E-state index contributed by atoms with van der Waals surface area (Å²) in [5.74, 6) is 1.88. The second-order valence-electron chi connectivity index (χ2n) is 7.31. The summed E-state index contributed by atoms with van der Waals surface area (Å²) >= 11 is 0. The van der Waals surface area contributed by atoms with Crippen LogP contribution in [0.2, 0.25) is 0 Å². The Hall–Kier alpha value is -3.15. The van der Waals surface area contributed by atoms with Crippen LogP contribution in [0.15, 0.2) is 59.2 Å². The average Bonchev–Trinajstić information content (AvgIpc) is 3.31. The van der Waals surface area contributed by atoms with E-state index in [9.17, 15) is 4.79 Å².